The van der Waals surface area contributed by atoms with E-state index in [-0.39, 0.29) is 5.69 Å². The second-order valence-electron chi connectivity index (χ2n) is 5.12. The lowest BCUT2D eigenvalue weighted by atomic mass is 10.1. The van der Waals surface area contributed by atoms with Crippen LogP contribution in [0.15, 0.2) is 53.7 Å². The van der Waals surface area contributed by atoms with Crippen molar-refractivity contribution in [2.75, 3.05) is 0 Å². The molecule has 1 unspecified atom stereocenters. The highest BCUT2D eigenvalue weighted by Crippen LogP contribution is 2.27. The molecule has 122 valence electrons. The van der Waals surface area contributed by atoms with Gasteiger partial charge in [-0.2, -0.15) is 0 Å². The molecule has 0 bridgehead atoms. The fraction of sp³-hybridized carbons (Fsp3) is 0.125. The van der Waals surface area contributed by atoms with Crippen molar-refractivity contribution >= 4 is 34.5 Å². The molecule has 2 aromatic carbocycles. The third-order valence-corrected chi connectivity index (χ3v) is 4.50. The molecule has 1 N–H and O–H groups in total. The van der Waals surface area contributed by atoms with Gasteiger partial charge < -0.3 is 14.9 Å². The number of non-ortho nitro benzene ring substituents is 1. The molecule has 8 heteroatoms. The van der Waals surface area contributed by atoms with Crippen molar-refractivity contribution in [3.8, 4) is 0 Å². The molecule has 0 spiro atoms. The number of carbonyl (C=O) groups excluding carboxylic acids is 1. The van der Waals surface area contributed by atoms with Crippen LogP contribution in [-0.2, 0) is 11.2 Å². The number of nitrogens with one attached hydrogen (secondary N) is 1. The second kappa shape index (κ2) is 6.71. The van der Waals surface area contributed by atoms with Crippen molar-refractivity contribution in [1.82, 2.24) is 9.97 Å². The average molecular weight is 342 g/mol. The van der Waals surface area contributed by atoms with Gasteiger partial charge in [0.1, 0.15) is 0 Å². The first-order chi connectivity index (χ1) is 11.5. The van der Waals surface area contributed by atoms with Crippen LogP contribution >= 0.6 is 11.8 Å². The van der Waals surface area contributed by atoms with Crippen LogP contribution in [0.2, 0.25) is 0 Å². The number of hydrogen-bond donors (Lipinski definition) is 1. The molecule has 0 radical (unpaired) electrons. The Balaban J connectivity index is 1.83. The predicted octanol–water partition coefficient (Wildman–Crippen LogP) is 1.92. The van der Waals surface area contributed by atoms with Gasteiger partial charge in [0, 0.05) is 12.1 Å². The molecule has 0 aliphatic rings. The molecule has 0 aliphatic heterocycles. The molecule has 0 fully saturated rings. The Morgan fingerprint density at radius 3 is 2.67 bits per heavy atom. The van der Waals surface area contributed by atoms with Gasteiger partial charge in [-0.15, -0.1) is 0 Å². The highest BCUT2D eigenvalue weighted by Gasteiger charge is 2.16. The lowest BCUT2D eigenvalue weighted by Crippen LogP contribution is -2.35. The van der Waals surface area contributed by atoms with Crippen LogP contribution in [0, 0.1) is 10.1 Å². The van der Waals surface area contributed by atoms with Crippen molar-refractivity contribution in [2.24, 2.45) is 0 Å². The largest absolute Gasteiger partial charge is 0.549 e. The molecule has 3 rings (SSSR count). The van der Waals surface area contributed by atoms with Crippen LogP contribution in [-0.4, -0.2) is 26.1 Å². The Morgan fingerprint density at radius 1 is 1.25 bits per heavy atom. The van der Waals surface area contributed by atoms with E-state index in [0.717, 1.165) is 17.3 Å². The van der Waals surface area contributed by atoms with Gasteiger partial charge in [-0.1, -0.05) is 42.1 Å². The Morgan fingerprint density at radius 2 is 2.00 bits per heavy atom. The smallest absolute Gasteiger partial charge is 0.271 e. The molecule has 0 aliphatic carbocycles. The maximum Gasteiger partial charge on any atom is 0.271 e. The van der Waals surface area contributed by atoms with Crippen LogP contribution in [0.3, 0.4) is 0 Å². The third-order valence-electron chi connectivity index (χ3n) is 3.44. The molecular formula is C16H12N3O4S-. The summed E-state index contributed by atoms with van der Waals surface area (Å²) in [7, 11) is 0. The molecule has 1 heterocycles. The summed E-state index contributed by atoms with van der Waals surface area (Å²) in [5.74, 6) is -1.18. The van der Waals surface area contributed by atoms with E-state index in [1.165, 1.54) is 18.2 Å². The summed E-state index contributed by atoms with van der Waals surface area (Å²) < 4.78 is 0. The van der Waals surface area contributed by atoms with E-state index in [1.807, 2.05) is 30.3 Å². The summed E-state index contributed by atoms with van der Waals surface area (Å²) in [4.78, 5) is 28.9. The standard InChI is InChI=1S/C16H13N3O4S/c20-15(21)14(8-10-4-2-1-3-5-10)24-16-17-12-7-6-11(19(22)23)9-13(12)18-16/h1-7,9,14H,8H2,(H,17,18)(H,20,21)/p-1. The quantitative estimate of drug-likeness (QED) is 0.416. The minimum Gasteiger partial charge on any atom is -0.549 e. The molecule has 0 saturated heterocycles. The number of carboxylic acid groups (broad SMARTS) is 1. The van der Waals surface area contributed by atoms with Crippen LogP contribution in [0.4, 0.5) is 5.69 Å². The Hall–Kier alpha value is -2.87. The maximum absolute atomic E-state index is 11.4. The molecule has 0 saturated carbocycles. The van der Waals surface area contributed by atoms with Crippen molar-refractivity contribution in [1.29, 1.82) is 0 Å². The van der Waals surface area contributed by atoms with Gasteiger partial charge in [0.25, 0.3) is 5.69 Å². The molecule has 3 aromatic rings. The average Bonchev–Trinajstić information content (AvgIpc) is 2.96. The molecular weight excluding hydrogens is 330 g/mol. The lowest BCUT2D eigenvalue weighted by molar-refractivity contribution is -0.384. The first-order valence-corrected chi connectivity index (χ1v) is 7.96. The van der Waals surface area contributed by atoms with Crippen LogP contribution < -0.4 is 5.11 Å². The summed E-state index contributed by atoms with van der Waals surface area (Å²) in [5.41, 5.74) is 1.86. The third kappa shape index (κ3) is 3.54. The second-order valence-corrected chi connectivity index (χ2v) is 6.31. The van der Waals surface area contributed by atoms with Crippen molar-refractivity contribution < 1.29 is 14.8 Å². The number of carboxylic acids is 1. The zero-order valence-electron chi connectivity index (χ0n) is 12.3. The van der Waals surface area contributed by atoms with Crippen LogP contribution in [0.5, 0.6) is 0 Å². The number of aromatic nitrogens is 2. The first kappa shape index (κ1) is 16.0. The number of hydrogen-bond acceptors (Lipinski definition) is 6. The van der Waals surface area contributed by atoms with E-state index < -0.39 is 16.1 Å². The number of thioether (sulfide) groups is 1. The highest BCUT2D eigenvalue weighted by atomic mass is 32.2. The van der Waals surface area contributed by atoms with Gasteiger partial charge in [-0.05, 0) is 18.1 Å². The molecule has 7 nitrogen and oxygen atoms in total. The number of H-pyrrole nitrogens is 1. The van der Waals surface area contributed by atoms with E-state index in [0.29, 0.717) is 22.6 Å². The SMILES string of the molecule is O=C([O-])C(Cc1ccccc1)Sc1nc2ccc([N+](=O)[O-])cc2[nH]1. The highest BCUT2D eigenvalue weighted by molar-refractivity contribution is 8.00. The summed E-state index contributed by atoms with van der Waals surface area (Å²) in [6.07, 6.45) is 0.297. The van der Waals surface area contributed by atoms with E-state index in [2.05, 4.69) is 9.97 Å². The summed E-state index contributed by atoms with van der Waals surface area (Å²) in [6, 6.07) is 13.5. The van der Waals surface area contributed by atoms with Crippen LogP contribution in [0.25, 0.3) is 11.0 Å². The maximum atomic E-state index is 11.4. The number of nitro benzene ring substituents is 1. The Kier molecular flexibility index (Phi) is 4.48. The number of fused-ring (bicyclic) bond motifs is 1. The van der Waals surface area contributed by atoms with Crippen molar-refractivity contribution in [2.45, 2.75) is 16.8 Å². The Labute approximate surface area is 140 Å². The van der Waals surface area contributed by atoms with Crippen molar-refractivity contribution in [3.63, 3.8) is 0 Å². The fourth-order valence-corrected chi connectivity index (χ4v) is 3.24. The van der Waals surface area contributed by atoms with E-state index in [4.69, 9.17) is 0 Å². The number of nitrogens with zero attached hydrogens (tertiary/aromatic N) is 2. The molecule has 0 amide bonds. The van der Waals surface area contributed by atoms with Crippen LogP contribution in [0.1, 0.15) is 5.56 Å². The van der Waals surface area contributed by atoms with Gasteiger partial charge in [0.05, 0.1) is 27.2 Å². The zero-order valence-corrected chi connectivity index (χ0v) is 13.2. The Bertz CT molecular complexity index is 895. The number of rotatable bonds is 6. The van der Waals surface area contributed by atoms with Gasteiger partial charge >= 0.3 is 0 Å². The zero-order chi connectivity index (χ0) is 17.1. The topological polar surface area (TPSA) is 112 Å². The summed E-state index contributed by atoms with van der Waals surface area (Å²) in [5, 5.41) is 21.8. The molecule has 1 atom stereocenters. The number of aromatic amines is 1. The van der Waals surface area contributed by atoms with Gasteiger partial charge in [-0.3, -0.25) is 10.1 Å². The first-order valence-electron chi connectivity index (χ1n) is 7.08. The number of imidazole rings is 1. The minimum atomic E-state index is -1.18. The monoisotopic (exact) mass is 342 g/mol. The van der Waals surface area contributed by atoms with E-state index >= 15 is 0 Å². The van der Waals surface area contributed by atoms with Gasteiger partial charge in [0.15, 0.2) is 5.16 Å². The summed E-state index contributed by atoms with van der Waals surface area (Å²) >= 11 is 1.03. The number of benzene rings is 2. The molecule has 1 aromatic heterocycles. The van der Waals surface area contributed by atoms with Gasteiger partial charge in [-0.25, -0.2) is 4.98 Å². The minimum absolute atomic E-state index is 0.0524. The van der Waals surface area contributed by atoms with E-state index in [1.54, 1.807) is 0 Å². The van der Waals surface area contributed by atoms with Gasteiger partial charge in [0.2, 0.25) is 0 Å². The summed E-state index contributed by atoms with van der Waals surface area (Å²) in [6.45, 7) is 0. The lowest BCUT2D eigenvalue weighted by Gasteiger charge is -2.16. The van der Waals surface area contributed by atoms with E-state index in [9.17, 15) is 20.0 Å². The van der Waals surface area contributed by atoms with Crippen molar-refractivity contribution in [3.05, 3.63) is 64.2 Å². The predicted molar refractivity (Wildman–Crippen MR) is 87.5 cm³/mol. The number of carbonyl (C=O) groups is 1. The molecule has 24 heavy (non-hydrogen) atoms. The number of aliphatic carboxylic acids is 1. The number of nitro groups is 1. The normalized spacial score (nSPS) is 12.2. The fourth-order valence-electron chi connectivity index (χ4n) is 2.28.